The van der Waals surface area contributed by atoms with Crippen LogP contribution in [0.4, 0.5) is 0 Å². The fourth-order valence-electron chi connectivity index (χ4n) is 3.27. The maximum Gasteiger partial charge on any atom is 0.287 e. The van der Waals surface area contributed by atoms with E-state index in [2.05, 4.69) is 0 Å². The molecule has 3 aromatic rings. The van der Waals surface area contributed by atoms with E-state index in [0.717, 1.165) is 40.4 Å². The second kappa shape index (κ2) is 5.00. The number of pyridine rings is 1. The number of rotatable bonds is 1. The van der Waals surface area contributed by atoms with Crippen LogP contribution >= 0.6 is 11.3 Å². The molecule has 2 aromatic heterocycles. The predicted octanol–water partition coefficient (Wildman–Crippen LogP) is 1.98. The zero-order valence-electron chi connectivity index (χ0n) is 12.0. The summed E-state index contributed by atoms with van der Waals surface area (Å²) in [6, 6.07) is 7.19. The number of aromatic hydroxyl groups is 1. The Morgan fingerprint density at radius 2 is 2.14 bits per heavy atom. The molecule has 3 heterocycles. The van der Waals surface area contributed by atoms with Gasteiger partial charge in [-0.1, -0.05) is 0 Å². The molecular weight excluding hydrogens is 298 g/mol. The summed E-state index contributed by atoms with van der Waals surface area (Å²) in [4.78, 5) is 12.9. The number of nitrogens with two attached hydrogens (primary N) is 1. The Labute approximate surface area is 131 Å². The molecule has 1 aliphatic rings. The van der Waals surface area contributed by atoms with E-state index in [1.807, 2.05) is 22.5 Å². The number of thiophene rings is 1. The number of hydrogen-bond donors (Lipinski definition) is 2. The van der Waals surface area contributed by atoms with E-state index in [0.29, 0.717) is 6.54 Å². The quantitative estimate of drug-likeness (QED) is 0.720. The first kappa shape index (κ1) is 13.6. The van der Waals surface area contributed by atoms with Crippen LogP contribution in [-0.2, 0) is 0 Å². The lowest BCUT2D eigenvalue weighted by Gasteiger charge is -2.34. The summed E-state index contributed by atoms with van der Waals surface area (Å²) in [5, 5.41) is 15.6. The van der Waals surface area contributed by atoms with Gasteiger partial charge in [0.05, 0.1) is 5.52 Å². The molecule has 0 spiro atoms. The molecule has 0 aliphatic carbocycles. The summed E-state index contributed by atoms with van der Waals surface area (Å²) in [7, 11) is 0. The number of phenols is 1. The first-order chi connectivity index (χ1) is 10.6. The summed E-state index contributed by atoms with van der Waals surface area (Å²) in [6.45, 7) is 1.49. The van der Waals surface area contributed by atoms with Crippen molar-refractivity contribution >= 4 is 32.3 Å². The van der Waals surface area contributed by atoms with Gasteiger partial charge in [0.25, 0.3) is 5.56 Å². The Kier molecular flexibility index (Phi) is 3.09. The molecule has 0 saturated carbocycles. The van der Waals surface area contributed by atoms with Gasteiger partial charge in [-0.15, -0.1) is 11.3 Å². The van der Waals surface area contributed by atoms with Crippen LogP contribution in [0.25, 0.3) is 21.0 Å². The second-order valence-electron chi connectivity index (χ2n) is 5.80. The highest BCUT2D eigenvalue weighted by molar-refractivity contribution is 7.17. The molecule has 1 fully saturated rings. The van der Waals surface area contributed by atoms with E-state index in [-0.39, 0.29) is 17.4 Å². The molecule has 1 saturated heterocycles. The molecule has 1 aliphatic heterocycles. The fraction of sp³-hybridized carbons (Fsp3) is 0.312. The molecule has 1 aromatic carbocycles. The van der Waals surface area contributed by atoms with E-state index >= 15 is 0 Å². The van der Waals surface area contributed by atoms with Crippen molar-refractivity contribution in [1.29, 1.82) is 0 Å². The molecule has 22 heavy (non-hydrogen) atoms. The van der Waals surface area contributed by atoms with Crippen LogP contribution in [0.15, 0.2) is 34.4 Å². The van der Waals surface area contributed by atoms with Crippen LogP contribution < -0.4 is 16.3 Å². The van der Waals surface area contributed by atoms with Gasteiger partial charge >= 0.3 is 0 Å². The van der Waals surface area contributed by atoms with Gasteiger partial charge in [0.15, 0.2) is 0 Å². The molecule has 1 unspecified atom stereocenters. The number of fused-ring (bicyclic) bond motifs is 3. The Balaban J connectivity index is 2.06. The van der Waals surface area contributed by atoms with Crippen molar-refractivity contribution in [3.63, 3.8) is 0 Å². The maximum absolute atomic E-state index is 12.9. The van der Waals surface area contributed by atoms with E-state index in [1.165, 1.54) is 11.3 Å². The number of piperidine rings is 1. The van der Waals surface area contributed by atoms with Crippen molar-refractivity contribution in [2.24, 2.45) is 5.73 Å². The zero-order chi connectivity index (χ0) is 15.3. The molecule has 0 bridgehead atoms. The number of benzene rings is 1. The highest BCUT2D eigenvalue weighted by atomic mass is 32.1. The molecule has 4 rings (SSSR count). The smallest absolute Gasteiger partial charge is 0.287 e. The third-order valence-electron chi connectivity index (χ3n) is 4.27. The summed E-state index contributed by atoms with van der Waals surface area (Å²) in [6.07, 6.45) is 1.97. The van der Waals surface area contributed by atoms with Gasteiger partial charge < -0.3 is 15.8 Å². The maximum atomic E-state index is 12.9. The van der Waals surface area contributed by atoms with Crippen LogP contribution in [0.1, 0.15) is 12.8 Å². The summed E-state index contributed by atoms with van der Waals surface area (Å²) in [5.41, 5.74) is 6.90. The van der Waals surface area contributed by atoms with E-state index in [4.69, 9.17) is 5.73 Å². The van der Waals surface area contributed by atoms with Gasteiger partial charge in [-0.05, 0) is 42.5 Å². The molecule has 1 atom stereocenters. The van der Waals surface area contributed by atoms with Crippen molar-refractivity contribution in [2.75, 3.05) is 18.1 Å². The van der Waals surface area contributed by atoms with E-state index < -0.39 is 0 Å². The normalized spacial score (nSPS) is 19.1. The van der Waals surface area contributed by atoms with Crippen molar-refractivity contribution < 1.29 is 5.11 Å². The zero-order valence-corrected chi connectivity index (χ0v) is 12.8. The Bertz CT molecular complexity index is 915. The van der Waals surface area contributed by atoms with Crippen LogP contribution in [-0.4, -0.2) is 28.9 Å². The van der Waals surface area contributed by atoms with Crippen molar-refractivity contribution in [3.8, 4) is 5.75 Å². The highest BCUT2D eigenvalue weighted by Crippen LogP contribution is 2.29. The molecule has 0 radical (unpaired) electrons. The first-order valence-electron chi connectivity index (χ1n) is 7.41. The molecule has 0 amide bonds. The lowest BCUT2D eigenvalue weighted by molar-refractivity contribution is 0.434. The fourth-order valence-corrected chi connectivity index (χ4v) is 4.10. The van der Waals surface area contributed by atoms with Gasteiger partial charge in [0.1, 0.15) is 10.4 Å². The summed E-state index contributed by atoms with van der Waals surface area (Å²) in [5.74, 6) is 0.209. The number of nitrogens with zero attached hydrogens (tertiary/aromatic N) is 2. The molecular formula is C16H17N3O2S. The SMILES string of the molecule is NC1CCCN(n2c(=O)c3sccc3c3cc(O)ccc32)C1. The predicted molar refractivity (Wildman–Crippen MR) is 90.4 cm³/mol. The summed E-state index contributed by atoms with van der Waals surface area (Å²) < 4.78 is 2.46. The Morgan fingerprint density at radius 1 is 1.27 bits per heavy atom. The van der Waals surface area contributed by atoms with Gasteiger partial charge in [-0.25, -0.2) is 4.68 Å². The first-order valence-corrected chi connectivity index (χ1v) is 8.29. The lowest BCUT2D eigenvalue weighted by Crippen LogP contribution is -2.52. The van der Waals surface area contributed by atoms with E-state index in [1.54, 1.807) is 16.8 Å². The van der Waals surface area contributed by atoms with Crippen LogP contribution in [0.5, 0.6) is 5.75 Å². The van der Waals surface area contributed by atoms with Crippen molar-refractivity contribution in [2.45, 2.75) is 18.9 Å². The largest absolute Gasteiger partial charge is 0.508 e. The minimum Gasteiger partial charge on any atom is -0.508 e. The summed E-state index contributed by atoms with van der Waals surface area (Å²) >= 11 is 1.44. The monoisotopic (exact) mass is 315 g/mol. The second-order valence-corrected chi connectivity index (χ2v) is 6.71. The number of aromatic nitrogens is 1. The van der Waals surface area contributed by atoms with Crippen LogP contribution in [0.3, 0.4) is 0 Å². The van der Waals surface area contributed by atoms with Gasteiger partial charge in [0, 0.05) is 29.9 Å². The van der Waals surface area contributed by atoms with Crippen molar-refractivity contribution in [1.82, 2.24) is 4.68 Å². The Hall–Kier alpha value is -2.05. The number of phenolic OH excluding ortho intramolecular Hbond substituents is 1. The molecule has 6 heteroatoms. The molecule has 3 N–H and O–H groups in total. The third kappa shape index (κ3) is 1.99. The Morgan fingerprint density at radius 3 is 2.95 bits per heavy atom. The average Bonchev–Trinajstić information content (AvgIpc) is 2.98. The highest BCUT2D eigenvalue weighted by Gasteiger charge is 2.21. The van der Waals surface area contributed by atoms with Crippen LogP contribution in [0, 0.1) is 0 Å². The van der Waals surface area contributed by atoms with Gasteiger partial charge in [0.2, 0.25) is 0 Å². The van der Waals surface area contributed by atoms with Gasteiger partial charge in [-0.2, -0.15) is 0 Å². The average molecular weight is 315 g/mol. The minimum atomic E-state index is -0.00251. The van der Waals surface area contributed by atoms with Crippen LogP contribution in [0.2, 0.25) is 0 Å². The van der Waals surface area contributed by atoms with Gasteiger partial charge in [-0.3, -0.25) is 4.79 Å². The molecule has 5 nitrogen and oxygen atoms in total. The standard InChI is InChI=1S/C16H17N3O2S/c17-10-2-1-6-18(9-10)19-14-4-3-11(20)8-13(14)12-5-7-22-15(12)16(19)21/h3-5,7-8,10,20H,1-2,6,9,17H2. The molecule has 114 valence electrons. The third-order valence-corrected chi connectivity index (χ3v) is 5.17. The minimum absolute atomic E-state index is 0.00251. The van der Waals surface area contributed by atoms with Crippen molar-refractivity contribution in [3.05, 3.63) is 40.0 Å². The lowest BCUT2D eigenvalue weighted by atomic mass is 10.1. The topological polar surface area (TPSA) is 71.5 Å². The van der Waals surface area contributed by atoms with E-state index in [9.17, 15) is 9.90 Å². The number of hydrogen-bond acceptors (Lipinski definition) is 5.